The molecule has 0 saturated heterocycles. The minimum absolute atomic E-state index is 0.136. The number of amides is 1. The highest BCUT2D eigenvalue weighted by atomic mass is 32.2. The van der Waals surface area contributed by atoms with Gasteiger partial charge in [-0.05, 0) is 30.3 Å². The molecule has 0 fully saturated rings. The van der Waals surface area contributed by atoms with Crippen molar-refractivity contribution >= 4 is 34.1 Å². The van der Waals surface area contributed by atoms with Crippen LogP contribution in [0.2, 0.25) is 0 Å². The minimum atomic E-state index is -0.136. The summed E-state index contributed by atoms with van der Waals surface area (Å²) in [5, 5.41) is 5.84. The van der Waals surface area contributed by atoms with Crippen LogP contribution in [0, 0.1) is 0 Å². The molecule has 1 N–H and O–H groups in total. The first-order valence-corrected chi connectivity index (χ1v) is 8.91. The molecule has 0 radical (unpaired) electrons. The van der Waals surface area contributed by atoms with Crippen molar-refractivity contribution in [2.75, 3.05) is 18.2 Å². The molecular weight excluding hydrogens is 344 g/mol. The summed E-state index contributed by atoms with van der Waals surface area (Å²) in [5.41, 5.74) is 1.79. The second-order valence-corrected chi connectivity index (χ2v) is 6.44. The topological polar surface area (TPSA) is 77.0 Å². The van der Waals surface area contributed by atoms with Crippen molar-refractivity contribution < 1.29 is 9.53 Å². The number of hydrogen-bond acceptors (Lipinski definition) is 7. The second-order valence-electron chi connectivity index (χ2n) is 4.63. The molecule has 2 aromatic heterocycles. The number of ether oxygens (including phenoxy) is 1. The Morgan fingerprint density at radius 2 is 2.00 bits per heavy atom. The van der Waals surface area contributed by atoms with Crippen LogP contribution in [0.15, 0.2) is 53.3 Å². The van der Waals surface area contributed by atoms with E-state index in [4.69, 9.17) is 4.74 Å². The highest BCUT2D eigenvalue weighted by Crippen LogP contribution is 2.26. The Morgan fingerprint density at radius 3 is 2.71 bits per heavy atom. The molecule has 1 amide bonds. The zero-order valence-corrected chi connectivity index (χ0v) is 14.4. The van der Waals surface area contributed by atoms with E-state index in [0.29, 0.717) is 10.3 Å². The Bertz CT molecular complexity index is 806. The molecule has 0 aliphatic carbocycles. The van der Waals surface area contributed by atoms with Gasteiger partial charge in [-0.3, -0.25) is 4.79 Å². The molecule has 0 saturated carbocycles. The largest absolute Gasteiger partial charge is 0.497 e. The number of carbonyl (C=O) groups is 1. The van der Waals surface area contributed by atoms with Crippen LogP contribution >= 0.6 is 23.1 Å². The van der Waals surface area contributed by atoms with Gasteiger partial charge in [0, 0.05) is 23.3 Å². The number of rotatable bonds is 6. The van der Waals surface area contributed by atoms with E-state index in [1.54, 1.807) is 25.6 Å². The molecule has 0 atom stereocenters. The van der Waals surface area contributed by atoms with Gasteiger partial charge < -0.3 is 10.1 Å². The molecule has 3 aromatic rings. The number of thioether (sulfide) groups is 1. The molecule has 0 unspecified atom stereocenters. The SMILES string of the molecule is COc1ccc(-c2csc(NC(=O)CSc3ncccn3)n2)cc1. The fourth-order valence-corrected chi connectivity index (χ4v) is 3.21. The van der Waals surface area contributed by atoms with E-state index in [0.717, 1.165) is 17.0 Å². The average Bonchev–Trinajstić information content (AvgIpc) is 3.09. The summed E-state index contributed by atoms with van der Waals surface area (Å²) in [7, 11) is 1.63. The molecule has 0 spiro atoms. The van der Waals surface area contributed by atoms with E-state index in [1.165, 1.54) is 23.1 Å². The lowest BCUT2D eigenvalue weighted by atomic mass is 10.2. The fourth-order valence-electron chi connectivity index (χ4n) is 1.87. The molecule has 0 aliphatic heterocycles. The first-order chi connectivity index (χ1) is 11.7. The van der Waals surface area contributed by atoms with E-state index in [-0.39, 0.29) is 11.7 Å². The highest BCUT2D eigenvalue weighted by molar-refractivity contribution is 7.99. The molecule has 0 aliphatic rings. The molecule has 6 nitrogen and oxygen atoms in total. The third-order valence-electron chi connectivity index (χ3n) is 3.01. The van der Waals surface area contributed by atoms with Crippen LogP contribution in [-0.4, -0.2) is 33.7 Å². The van der Waals surface area contributed by atoms with E-state index < -0.39 is 0 Å². The lowest BCUT2D eigenvalue weighted by molar-refractivity contribution is -0.113. The van der Waals surface area contributed by atoms with Gasteiger partial charge in [0.2, 0.25) is 5.91 Å². The van der Waals surface area contributed by atoms with Crippen molar-refractivity contribution in [1.29, 1.82) is 0 Å². The normalized spacial score (nSPS) is 10.4. The quantitative estimate of drug-likeness (QED) is 0.538. The van der Waals surface area contributed by atoms with Gasteiger partial charge in [0.25, 0.3) is 0 Å². The number of nitrogens with zero attached hydrogens (tertiary/aromatic N) is 3. The van der Waals surface area contributed by atoms with Crippen LogP contribution < -0.4 is 10.1 Å². The number of benzene rings is 1. The van der Waals surface area contributed by atoms with Crippen LogP contribution in [0.4, 0.5) is 5.13 Å². The molecule has 8 heteroatoms. The Labute approximate surface area is 147 Å². The molecule has 122 valence electrons. The maximum atomic E-state index is 12.0. The summed E-state index contributed by atoms with van der Waals surface area (Å²) < 4.78 is 5.14. The number of thiazole rings is 1. The van der Waals surface area contributed by atoms with Gasteiger partial charge in [-0.1, -0.05) is 11.8 Å². The summed E-state index contributed by atoms with van der Waals surface area (Å²) in [6.07, 6.45) is 3.30. The summed E-state index contributed by atoms with van der Waals surface area (Å²) in [6, 6.07) is 9.36. The predicted octanol–water partition coefficient (Wildman–Crippen LogP) is 3.34. The minimum Gasteiger partial charge on any atom is -0.497 e. The molecule has 24 heavy (non-hydrogen) atoms. The zero-order chi connectivity index (χ0) is 16.8. The Balaban J connectivity index is 1.58. The number of anilines is 1. The van der Waals surface area contributed by atoms with Crippen LogP contribution in [0.25, 0.3) is 11.3 Å². The standard InChI is InChI=1S/C16H14N4O2S2/c1-22-12-5-3-11(4-6-12)13-9-23-16(19-13)20-14(21)10-24-15-17-7-2-8-18-15/h2-9H,10H2,1H3,(H,19,20,21). The molecule has 3 rings (SSSR count). The van der Waals surface area contributed by atoms with Gasteiger partial charge in [-0.2, -0.15) is 0 Å². The number of nitrogens with one attached hydrogen (secondary N) is 1. The second kappa shape index (κ2) is 7.89. The van der Waals surface area contributed by atoms with E-state index in [2.05, 4.69) is 20.3 Å². The van der Waals surface area contributed by atoms with Crippen molar-refractivity contribution in [3.63, 3.8) is 0 Å². The van der Waals surface area contributed by atoms with Crippen LogP contribution in [0.3, 0.4) is 0 Å². The smallest absolute Gasteiger partial charge is 0.236 e. The van der Waals surface area contributed by atoms with Gasteiger partial charge in [0.05, 0.1) is 18.6 Å². The van der Waals surface area contributed by atoms with Crippen LogP contribution in [-0.2, 0) is 4.79 Å². The molecular formula is C16H14N4O2S2. The number of carbonyl (C=O) groups excluding carboxylic acids is 1. The third kappa shape index (κ3) is 4.30. The van der Waals surface area contributed by atoms with Crippen molar-refractivity contribution in [2.24, 2.45) is 0 Å². The Morgan fingerprint density at radius 1 is 1.25 bits per heavy atom. The van der Waals surface area contributed by atoms with E-state index in [9.17, 15) is 4.79 Å². The third-order valence-corrected chi connectivity index (χ3v) is 4.64. The van der Waals surface area contributed by atoms with Crippen molar-refractivity contribution in [1.82, 2.24) is 15.0 Å². The summed E-state index contributed by atoms with van der Waals surface area (Å²) in [4.78, 5) is 24.5. The predicted molar refractivity (Wildman–Crippen MR) is 95.5 cm³/mol. The van der Waals surface area contributed by atoms with Gasteiger partial charge in [-0.25, -0.2) is 15.0 Å². The van der Waals surface area contributed by atoms with Gasteiger partial charge in [0.1, 0.15) is 5.75 Å². The van der Waals surface area contributed by atoms with Crippen molar-refractivity contribution in [2.45, 2.75) is 5.16 Å². The van der Waals surface area contributed by atoms with Crippen LogP contribution in [0.5, 0.6) is 5.75 Å². The average molecular weight is 358 g/mol. The highest BCUT2D eigenvalue weighted by Gasteiger charge is 2.09. The first kappa shape index (κ1) is 16.4. The number of methoxy groups -OCH3 is 1. The van der Waals surface area contributed by atoms with Gasteiger partial charge in [-0.15, -0.1) is 11.3 Å². The lowest BCUT2D eigenvalue weighted by Crippen LogP contribution is -2.14. The summed E-state index contributed by atoms with van der Waals surface area (Å²) >= 11 is 2.67. The van der Waals surface area contributed by atoms with E-state index >= 15 is 0 Å². The Hall–Kier alpha value is -2.45. The molecule has 1 aromatic carbocycles. The van der Waals surface area contributed by atoms with Crippen molar-refractivity contribution in [3.8, 4) is 17.0 Å². The summed E-state index contributed by atoms with van der Waals surface area (Å²) in [6.45, 7) is 0. The molecule has 2 heterocycles. The van der Waals surface area contributed by atoms with Crippen LogP contribution in [0.1, 0.15) is 0 Å². The molecule has 0 bridgehead atoms. The maximum Gasteiger partial charge on any atom is 0.236 e. The van der Waals surface area contributed by atoms with Crippen molar-refractivity contribution in [3.05, 3.63) is 48.1 Å². The lowest BCUT2D eigenvalue weighted by Gasteiger charge is -2.01. The van der Waals surface area contributed by atoms with Gasteiger partial charge in [0.15, 0.2) is 10.3 Å². The monoisotopic (exact) mass is 358 g/mol. The zero-order valence-electron chi connectivity index (χ0n) is 12.8. The fraction of sp³-hybridized carbons (Fsp3) is 0.125. The summed E-state index contributed by atoms with van der Waals surface area (Å²) in [5.74, 6) is 0.896. The first-order valence-electron chi connectivity index (χ1n) is 7.04. The number of hydrogen-bond donors (Lipinski definition) is 1. The number of aromatic nitrogens is 3. The maximum absolute atomic E-state index is 12.0. The Kier molecular flexibility index (Phi) is 5.39. The van der Waals surface area contributed by atoms with E-state index in [1.807, 2.05) is 29.6 Å². The van der Waals surface area contributed by atoms with Gasteiger partial charge >= 0.3 is 0 Å².